The summed E-state index contributed by atoms with van der Waals surface area (Å²) in [4.78, 5) is 0. The van der Waals surface area contributed by atoms with Gasteiger partial charge in [-0.15, -0.1) is 0 Å². The van der Waals surface area contributed by atoms with Crippen molar-refractivity contribution in [1.29, 1.82) is 0 Å². The number of rotatable bonds is 0. The molecule has 0 N–H and O–H groups in total. The third-order valence-corrected chi connectivity index (χ3v) is 29.9. The van der Waals surface area contributed by atoms with Crippen molar-refractivity contribution in [3.05, 3.63) is 359 Å². The SMILES string of the molecule is CC1(C)c2cc3c(ccc4ccccc43)c3c2-c2c1c1c(ccc4ccccc41)c[n+]2CO3.CC1(C)c2cc3c(ccc4ccccc43)c3c2-c2c1c1ccc4ccccc4c1c[n+]2CO3.CC1(C)c2cccc3c2-c2c1cc1ccccc1[n+]2CO3.CC1(C)c2cccc3c2-c2c1cc1ccccc1[n+]2CO3.CC1(C)c2cccc3c2-c2c1ccc[n+]2CO3. The summed E-state index contributed by atoms with van der Waals surface area (Å²) < 4.78 is 42.4. The second-order valence-electron chi connectivity index (χ2n) is 38.2. The van der Waals surface area contributed by atoms with Crippen LogP contribution in [0.4, 0.5) is 0 Å². The lowest BCUT2D eigenvalue weighted by Crippen LogP contribution is -2.42. The standard InChI is InChI=1S/2C31H22NO.2C19H16NO.C15H14NO/c1-31(2)26-15-24-20-9-5-3-7-18(20)12-14-23(24)30-27(26)29-28(31)22-13-11-19-8-4-6-10-21(19)25(22)16-32(29)17-33-30;1-31(2)25-15-24-21-9-5-3-7-18(21)13-14-23(24)30-27(25)29-28(31)26-20(16-32(29)17-33-30)12-11-19-8-4-6-10-22(19)26;2*1-19(2)13-7-5-9-16-17(13)18-14(19)10-12-6-3-4-8-15(12)20(18)11-21-16;1-15(2)10-5-3-7-12-13(10)14-11(15)6-4-8-16(14)9-17-12/h2*3-16H,17H2,1-2H3;2*3-10H,11H2,1-2H3;3-8H,9H2,1-2H3/q5*+1. The van der Waals surface area contributed by atoms with Crippen LogP contribution in [0.3, 0.4) is 0 Å². The first-order valence-corrected chi connectivity index (χ1v) is 44.1. The van der Waals surface area contributed by atoms with Crippen LogP contribution in [0.2, 0.25) is 0 Å². The van der Waals surface area contributed by atoms with Gasteiger partial charge in [-0.25, -0.2) is 0 Å². The normalized spacial score (nSPS) is 16.1. The van der Waals surface area contributed by atoms with E-state index >= 15 is 0 Å². The fourth-order valence-electron chi connectivity index (χ4n) is 23.8. The van der Waals surface area contributed by atoms with Gasteiger partial charge in [0.15, 0.2) is 18.6 Å². The van der Waals surface area contributed by atoms with Crippen LogP contribution >= 0.6 is 0 Å². The van der Waals surface area contributed by atoms with Crippen LogP contribution in [-0.4, -0.2) is 0 Å². The minimum Gasteiger partial charge on any atom is -0.435 e. The molecule has 30 rings (SSSR count). The molecule has 15 aromatic carbocycles. The van der Waals surface area contributed by atoms with Gasteiger partial charge in [0.05, 0.1) is 33.2 Å². The number of nitrogens with zero attached hydrogens (tertiary/aromatic N) is 5. The zero-order chi connectivity index (χ0) is 83.8. The van der Waals surface area contributed by atoms with Gasteiger partial charge in [0.25, 0.3) is 33.7 Å². The van der Waals surface area contributed by atoms with E-state index in [1.807, 2.05) is 0 Å². The van der Waals surface area contributed by atoms with Gasteiger partial charge >= 0.3 is 0 Å². The van der Waals surface area contributed by atoms with E-state index in [2.05, 4.69) is 396 Å². The summed E-state index contributed by atoms with van der Waals surface area (Å²) in [6.07, 6.45) is 6.68. The first kappa shape index (κ1) is 72.3. The van der Waals surface area contributed by atoms with Gasteiger partial charge in [0.1, 0.15) is 28.7 Å². The van der Waals surface area contributed by atoms with Crippen LogP contribution in [0.5, 0.6) is 28.7 Å². The lowest BCUT2D eigenvalue weighted by molar-refractivity contribution is -0.717. The van der Waals surface area contributed by atoms with Crippen molar-refractivity contribution in [2.45, 2.75) is 130 Å². The molecular formula is C115H90N5O5+5. The van der Waals surface area contributed by atoms with Gasteiger partial charge in [-0.3, -0.25) is 0 Å². The van der Waals surface area contributed by atoms with Crippen molar-refractivity contribution in [1.82, 2.24) is 0 Å². The Kier molecular flexibility index (Phi) is 14.7. The van der Waals surface area contributed by atoms with Crippen molar-refractivity contribution in [2.24, 2.45) is 0 Å². The quantitative estimate of drug-likeness (QED) is 0.112. The van der Waals surface area contributed by atoms with E-state index in [-0.39, 0.29) is 27.1 Å². The van der Waals surface area contributed by atoms with E-state index in [9.17, 15) is 0 Å². The number of ether oxygens (including phenoxy) is 5. The number of benzene rings is 15. The molecule has 0 amide bonds. The Bertz CT molecular complexity index is 8150. The molecule has 125 heavy (non-hydrogen) atoms. The maximum Gasteiger partial charge on any atom is 0.293 e. The Balaban J connectivity index is 0.0000000853. The first-order chi connectivity index (χ1) is 60.8. The Morgan fingerprint density at radius 1 is 0.224 bits per heavy atom. The monoisotopic (exact) mass is 1620 g/mol. The summed E-state index contributed by atoms with van der Waals surface area (Å²) >= 11 is 0. The van der Waals surface area contributed by atoms with E-state index < -0.39 is 0 Å². The maximum atomic E-state index is 6.54. The zero-order valence-corrected chi connectivity index (χ0v) is 71.7. The molecule has 10 nitrogen and oxygen atoms in total. The number of pyridine rings is 5. The number of hydrogen-bond acceptors (Lipinski definition) is 5. The summed E-state index contributed by atoms with van der Waals surface area (Å²) in [6, 6.07) is 103. The summed E-state index contributed by atoms with van der Waals surface area (Å²) in [7, 11) is 0. The topological polar surface area (TPSA) is 65.5 Å². The molecule has 600 valence electrons. The van der Waals surface area contributed by atoms with Crippen molar-refractivity contribution in [3.8, 4) is 85.0 Å². The molecule has 0 atom stereocenters. The highest BCUT2D eigenvalue weighted by molar-refractivity contribution is 6.18. The minimum atomic E-state index is -0.135. The van der Waals surface area contributed by atoms with Crippen molar-refractivity contribution in [3.63, 3.8) is 0 Å². The highest BCUT2D eigenvalue weighted by Gasteiger charge is 2.53. The van der Waals surface area contributed by atoms with Gasteiger partial charge in [-0.2, -0.15) is 22.8 Å². The van der Waals surface area contributed by atoms with Crippen LogP contribution in [0.1, 0.15) is 125 Å². The van der Waals surface area contributed by atoms with E-state index in [0.717, 1.165) is 28.7 Å². The molecule has 0 saturated heterocycles. The minimum absolute atomic E-state index is 0.0279. The maximum absolute atomic E-state index is 6.54. The average Bonchev–Trinajstić information content (AvgIpc) is 1.53. The molecule has 0 radical (unpaired) electrons. The van der Waals surface area contributed by atoms with E-state index in [4.69, 9.17) is 23.7 Å². The van der Waals surface area contributed by atoms with Crippen LogP contribution in [0.15, 0.2) is 304 Å². The predicted molar refractivity (Wildman–Crippen MR) is 499 cm³/mol. The molecule has 5 aromatic heterocycles. The molecule has 10 heteroatoms. The fraction of sp³-hybridized carbons (Fsp3) is 0.174. The summed E-state index contributed by atoms with van der Waals surface area (Å²) in [5.41, 5.74) is 29.4. The lowest BCUT2D eigenvalue weighted by atomic mass is 9.79. The molecule has 0 bridgehead atoms. The molecule has 0 fully saturated rings. The molecule has 5 aliphatic heterocycles. The van der Waals surface area contributed by atoms with Crippen LogP contribution in [-0.2, 0) is 60.7 Å². The van der Waals surface area contributed by atoms with Gasteiger partial charge in [-0.1, -0.05) is 257 Å². The van der Waals surface area contributed by atoms with Crippen LogP contribution in [0.25, 0.3) is 164 Å². The second kappa shape index (κ2) is 25.4. The summed E-state index contributed by atoms with van der Waals surface area (Å²) in [5.74, 6) is 5.16. The molecule has 10 aliphatic rings. The molecule has 0 saturated carbocycles. The highest BCUT2D eigenvalue weighted by atomic mass is 16.5. The van der Waals surface area contributed by atoms with Crippen molar-refractivity contribution < 1.29 is 46.5 Å². The molecule has 0 unspecified atom stereocenters. The molecular weight excluding hydrogens is 1530 g/mol. The first-order valence-electron chi connectivity index (χ1n) is 44.1. The Morgan fingerprint density at radius 3 is 1.13 bits per heavy atom. The predicted octanol–water partition coefficient (Wildman–Crippen LogP) is 24.7. The number of para-hydroxylation sites is 2. The Hall–Kier alpha value is -14.4. The lowest BCUT2D eigenvalue weighted by Gasteiger charge is -2.22. The summed E-state index contributed by atoms with van der Waals surface area (Å²) in [5, 5.41) is 23.2. The van der Waals surface area contributed by atoms with Crippen LogP contribution < -0.4 is 46.5 Å². The van der Waals surface area contributed by atoms with Gasteiger partial charge in [0, 0.05) is 105 Å². The number of aromatic nitrogens is 5. The van der Waals surface area contributed by atoms with Gasteiger partial charge in [-0.05, 0) is 166 Å². The highest BCUT2D eigenvalue weighted by Crippen LogP contribution is 2.61. The van der Waals surface area contributed by atoms with E-state index in [0.29, 0.717) is 33.7 Å². The third kappa shape index (κ3) is 9.77. The van der Waals surface area contributed by atoms with Gasteiger partial charge < -0.3 is 23.7 Å². The van der Waals surface area contributed by atoms with Crippen molar-refractivity contribution >= 4 is 108 Å². The molecule has 0 spiro atoms. The largest absolute Gasteiger partial charge is 0.435 e. The second-order valence-corrected chi connectivity index (χ2v) is 38.2. The third-order valence-electron chi connectivity index (χ3n) is 29.9. The average molecular weight is 1620 g/mol. The Labute approximate surface area is 724 Å². The zero-order valence-electron chi connectivity index (χ0n) is 71.7. The van der Waals surface area contributed by atoms with Crippen LogP contribution in [0, 0.1) is 0 Å². The van der Waals surface area contributed by atoms with E-state index in [1.54, 1.807) is 0 Å². The fourth-order valence-corrected chi connectivity index (χ4v) is 23.8. The Morgan fingerprint density at radius 2 is 0.608 bits per heavy atom. The smallest absolute Gasteiger partial charge is 0.293 e. The van der Waals surface area contributed by atoms with Gasteiger partial charge in [0.2, 0.25) is 39.5 Å². The number of hydrogen-bond donors (Lipinski definition) is 0. The molecule has 10 heterocycles. The summed E-state index contributed by atoms with van der Waals surface area (Å²) in [6.45, 7) is 26.2. The van der Waals surface area contributed by atoms with E-state index in [1.165, 1.54) is 220 Å². The number of fused-ring (bicyclic) bond motifs is 20. The van der Waals surface area contributed by atoms with Crippen molar-refractivity contribution in [2.75, 3.05) is 0 Å². The molecule has 5 aliphatic carbocycles. The molecule has 20 aromatic rings.